The van der Waals surface area contributed by atoms with Gasteiger partial charge in [0, 0.05) is 17.5 Å². The fourth-order valence-corrected chi connectivity index (χ4v) is 1.93. The van der Waals surface area contributed by atoms with Crippen LogP contribution in [0.1, 0.15) is 15.9 Å². The molecule has 1 aliphatic rings. The molecule has 5 nitrogen and oxygen atoms in total. The van der Waals surface area contributed by atoms with Gasteiger partial charge in [0.25, 0.3) is 5.91 Å². The molecule has 0 aromatic heterocycles. The van der Waals surface area contributed by atoms with Gasteiger partial charge in [-0.2, -0.15) is 0 Å². The minimum atomic E-state index is -0.182. The SMILES string of the molecule is Cc1cccc(C(=O)NN2NCC(=N)S2)c1. The van der Waals surface area contributed by atoms with Crippen LogP contribution >= 0.6 is 11.9 Å². The van der Waals surface area contributed by atoms with E-state index in [9.17, 15) is 4.79 Å². The molecule has 0 saturated carbocycles. The standard InChI is InChI=1S/C10H12N4OS/c1-7-3-2-4-8(5-7)10(15)13-14-12-6-9(11)16-14/h2-5,11-12H,6H2,1H3,(H,13,15). The third-order valence-electron chi connectivity index (χ3n) is 2.07. The maximum Gasteiger partial charge on any atom is 0.267 e. The van der Waals surface area contributed by atoms with Crippen LogP contribution in [0.15, 0.2) is 24.3 Å². The van der Waals surface area contributed by atoms with Gasteiger partial charge in [-0.1, -0.05) is 22.2 Å². The Hall–Kier alpha value is -1.37. The molecule has 0 bridgehead atoms. The van der Waals surface area contributed by atoms with E-state index < -0.39 is 0 Å². The number of rotatable bonds is 2. The molecule has 0 spiro atoms. The Labute approximate surface area is 97.8 Å². The zero-order chi connectivity index (χ0) is 11.5. The van der Waals surface area contributed by atoms with E-state index in [1.807, 2.05) is 25.1 Å². The van der Waals surface area contributed by atoms with Gasteiger partial charge in [0.15, 0.2) is 0 Å². The lowest BCUT2D eigenvalue weighted by Gasteiger charge is -2.14. The molecular weight excluding hydrogens is 224 g/mol. The quantitative estimate of drug-likeness (QED) is 0.672. The van der Waals surface area contributed by atoms with E-state index >= 15 is 0 Å². The minimum Gasteiger partial charge on any atom is -0.296 e. The molecule has 1 aliphatic heterocycles. The van der Waals surface area contributed by atoms with Gasteiger partial charge >= 0.3 is 0 Å². The molecule has 1 heterocycles. The van der Waals surface area contributed by atoms with Crippen molar-refractivity contribution in [2.24, 2.45) is 0 Å². The zero-order valence-corrected chi connectivity index (χ0v) is 9.60. The molecule has 2 rings (SSSR count). The second kappa shape index (κ2) is 4.65. The van der Waals surface area contributed by atoms with Crippen molar-refractivity contribution in [1.29, 1.82) is 5.41 Å². The van der Waals surface area contributed by atoms with E-state index in [0.717, 1.165) is 5.56 Å². The monoisotopic (exact) mass is 236 g/mol. The number of carbonyl (C=O) groups excluding carboxylic acids is 1. The summed E-state index contributed by atoms with van der Waals surface area (Å²) in [6, 6.07) is 7.36. The third-order valence-corrected chi connectivity index (χ3v) is 2.84. The average molecular weight is 236 g/mol. The van der Waals surface area contributed by atoms with Gasteiger partial charge in [0.05, 0.1) is 11.6 Å². The molecule has 16 heavy (non-hydrogen) atoms. The predicted octanol–water partition coefficient (Wildman–Crippen LogP) is 1.09. The van der Waals surface area contributed by atoms with E-state index in [1.165, 1.54) is 16.5 Å². The van der Waals surface area contributed by atoms with Crippen LogP contribution in [0.4, 0.5) is 0 Å². The van der Waals surface area contributed by atoms with Gasteiger partial charge in [-0.3, -0.25) is 15.6 Å². The van der Waals surface area contributed by atoms with Crippen molar-refractivity contribution >= 4 is 22.9 Å². The smallest absolute Gasteiger partial charge is 0.267 e. The molecule has 84 valence electrons. The number of hydrogen-bond donors (Lipinski definition) is 3. The number of hydrazine groups is 2. The fourth-order valence-electron chi connectivity index (χ4n) is 1.32. The Morgan fingerprint density at radius 2 is 2.44 bits per heavy atom. The number of benzene rings is 1. The molecule has 3 N–H and O–H groups in total. The van der Waals surface area contributed by atoms with E-state index in [2.05, 4.69) is 10.9 Å². The normalized spacial score (nSPS) is 16.4. The van der Waals surface area contributed by atoms with Crippen molar-refractivity contribution in [2.45, 2.75) is 6.92 Å². The summed E-state index contributed by atoms with van der Waals surface area (Å²) in [6.07, 6.45) is 0. The number of aryl methyl sites for hydroxylation is 1. The predicted molar refractivity (Wildman–Crippen MR) is 63.8 cm³/mol. The first kappa shape index (κ1) is 11.1. The van der Waals surface area contributed by atoms with Crippen LogP contribution in [0.2, 0.25) is 0 Å². The van der Waals surface area contributed by atoms with Crippen molar-refractivity contribution in [3.05, 3.63) is 35.4 Å². The van der Waals surface area contributed by atoms with Crippen molar-refractivity contribution in [3.8, 4) is 0 Å². The highest BCUT2D eigenvalue weighted by atomic mass is 32.2. The van der Waals surface area contributed by atoms with Crippen molar-refractivity contribution in [3.63, 3.8) is 0 Å². The molecule has 0 unspecified atom stereocenters. The lowest BCUT2D eigenvalue weighted by atomic mass is 10.1. The molecule has 1 aromatic carbocycles. The summed E-state index contributed by atoms with van der Waals surface area (Å²) >= 11 is 1.17. The van der Waals surface area contributed by atoms with Crippen LogP contribution in [0.3, 0.4) is 0 Å². The van der Waals surface area contributed by atoms with Gasteiger partial charge in [-0.15, -0.1) is 0 Å². The zero-order valence-electron chi connectivity index (χ0n) is 8.78. The van der Waals surface area contributed by atoms with Gasteiger partial charge in [-0.25, -0.2) is 5.43 Å². The first-order chi connectivity index (χ1) is 7.65. The van der Waals surface area contributed by atoms with Crippen molar-refractivity contribution < 1.29 is 4.79 Å². The Balaban J connectivity index is 2.00. The molecule has 6 heteroatoms. The van der Waals surface area contributed by atoms with Crippen LogP contribution in [0.25, 0.3) is 0 Å². The Morgan fingerprint density at radius 3 is 3.06 bits per heavy atom. The summed E-state index contributed by atoms with van der Waals surface area (Å²) < 4.78 is 1.45. The maximum atomic E-state index is 11.8. The highest BCUT2D eigenvalue weighted by molar-refractivity contribution is 8.12. The third kappa shape index (κ3) is 2.60. The second-order valence-corrected chi connectivity index (χ2v) is 4.49. The summed E-state index contributed by atoms with van der Waals surface area (Å²) in [5, 5.41) is 7.85. The summed E-state index contributed by atoms with van der Waals surface area (Å²) in [7, 11) is 0. The van der Waals surface area contributed by atoms with Gasteiger partial charge in [0.1, 0.15) is 0 Å². The number of amides is 1. The summed E-state index contributed by atoms with van der Waals surface area (Å²) in [5.74, 6) is -0.182. The van der Waals surface area contributed by atoms with E-state index in [0.29, 0.717) is 17.2 Å². The average Bonchev–Trinajstić information content (AvgIpc) is 2.64. The van der Waals surface area contributed by atoms with E-state index in [-0.39, 0.29) is 5.91 Å². The lowest BCUT2D eigenvalue weighted by molar-refractivity contribution is 0.0864. The molecule has 1 fully saturated rings. The minimum absolute atomic E-state index is 0.182. The lowest BCUT2D eigenvalue weighted by Crippen LogP contribution is -2.42. The highest BCUT2D eigenvalue weighted by Gasteiger charge is 2.19. The molecule has 0 atom stereocenters. The van der Waals surface area contributed by atoms with Crippen LogP contribution in [-0.4, -0.2) is 22.0 Å². The Morgan fingerprint density at radius 1 is 1.62 bits per heavy atom. The summed E-state index contributed by atoms with van der Waals surface area (Å²) in [5.41, 5.74) is 7.18. The first-order valence-corrected chi connectivity index (χ1v) is 5.59. The van der Waals surface area contributed by atoms with Crippen LogP contribution in [0, 0.1) is 12.3 Å². The Bertz CT molecular complexity index is 435. The van der Waals surface area contributed by atoms with Crippen LogP contribution in [0.5, 0.6) is 0 Å². The highest BCUT2D eigenvalue weighted by Crippen LogP contribution is 2.12. The maximum absolute atomic E-state index is 11.8. The molecule has 1 saturated heterocycles. The Kier molecular flexibility index (Phi) is 3.23. The molecule has 1 amide bonds. The summed E-state index contributed by atoms with van der Waals surface area (Å²) in [6.45, 7) is 2.40. The number of nitrogens with zero attached hydrogens (tertiary/aromatic N) is 1. The van der Waals surface area contributed by atoms with Crippen molar-refractivity contribution in [1.82, 2.24) is 15.4 Å². The fraction of sp³-hybridized carbons (Fsp3) is 0.200. The molecule has 0 radical (unpaired) electrons. The largest absolute Gasteiger partial charge is 0.296 e. The molecule has 1 aromatic rings. The van der Waals surface area contributed by atoms with Gasteiger partial charge in [0.2, 0.25) is 0 Å². The van der Waals surface area contributed by atoms with E-state index in [1.54, 1.807) is 6.07 Å². The van der Waals surface area contributed by atoms with Gasteiger partial charge < -0.3 is 0 Å². The van der Waals surface area contributed by atoms with Gasteiger partial charge in [-0.05, 0) is 19.1 Å². The number of nitrogens with one attached hydrogen (secondary N) is 3. The topological polar surface area (TPSA) is 68.2 Å². The van der Waals surface area contributed by atoms with E-state index in [4.69, 9.17) is 5.41 Å². The van der Waals surface area contributed by atoms with Crippen molar-refractivity contribution in [2.75, 3.05) is 6.54 Å². The second-order valence-electron chi connectivity index (χ2n) is 3.45. The summed E-state index contributed by atoms with van der Waals surface area (Å²) in [4.78, 5) is 11.8. The molecular formula is C10H12N4OS. The first-order valence-electron chi connectivity index (χ1n) is 4.82. The number of carbonyl (C=O) groups is 1. The van der Waals surface area contributed by atoms with Crippen LogP contribution < -0.4 is 10.9 Å². The van der Waals surface area contributed by atoms with Crippen LogP contribution in [-0.2, 0) is 0 Å². The number of hydrogen-bond acceptors (Lipinski definition) is 5. The molecule has 0 aliphatic carbocycles.